The van der Waals surface area contributed by atoms with E-state index in [0.29, 0.717) is 11.3 Å². The highest BCUT2D eigenvalue weighted by Gasteiger charge is 2.29. The van der Waals surface area contributed by atoms with Crippen LogP contribution in [-0.4, -0.2) is 20.4 Å². The lowest BCUT2D eigenvalue weighted by molar-refractivity contribution is -0.116. The Kier molecular flexibility index (Phi) is 5.24. The number of nitrogens with zero attached hydrogens (tertiary/aromatic N) is 2. The Morgan fingerprint density at radius 3 is 2.64 bits per heavy atom. The Morgan fingerprint density at radius 2 is 2.00 bits per heavy atom. The molecule has 0 saturated heterocycles. The van der Waals surface area contributed by atoms with Crippen LogP contribution in [0, 0.1) is 13.8 Å². The monoisotopic (exact) mass is 448 g/mol. The van der Waals surface area contributed by atoms with Crippen LogP contribution in [0.3, 0.4) is 0 Å². The number of aromatic nitrogens is 1. The van der Waals surface area contributed by atoms with Crippen molar-refractivity contribution in [2.45, 2.75) is 32.9 Å². The van der Waals surface area contributed by atoms with E-state index in [0.717, 1.165) is 36.5 Å². The van der Waals surface area contributed by atoms with Crippen molar-refractivity contribution in [3.05, 3.63) is 64.5 Å². The highest BCUT2D eigenvalue weighted by molar-refractivity contribution is 14.1. The number of fused-ring (bicyclic) bond motifs is 1. The molecule has 0 saturated carbocycles. The van der Waals surface area contributed by atoms with Gasteiger partial charge in [-0.25, -0.2) is 0 Å². The third-order valence-corrected chi connectivity index (χ3v) is 5.35. The molecule has 25 heavy (non-hydrogen) atoms. The van der Waals surface area contributed by atoms with Crippen LogP contribution in [0.15, 0.2) is 30.8 Å². The second-order valence-electron chi connectivity index (χ2n) is 6.31. The van der Waals surface area contributed by atoms with E-state index in [1.165, 1.54) is 11.1 Å². The lowest BCUT2D eigenvalue weighted by atomic mass is 9.95. The fourth-order valence-electron chi connectivity index (χ4n) is 3.57. The van der Waals surface area contributed by atoms with Crippen molar-refractivity contribution in [1.82, 2.24) is 4.98 Å². The van der Waals surface area contributed by atoms with Gasteiger partial charge in [-0.15, -0.1) is 0 Å². The van der Waals surface area contributed by atoms with E-state index in [9.17, 15) is 9.90 Å². The maximum atomic E-state index is 11.9. The quantitative estimate of drug-likeness (QED) is 0.570. The smallest absolute Gasteiger partial charge is 0.225 e. The highest BCUT2D eigenvalue weighted by atomic mass is 127. The molecule has 1 aliphatic rings. The summed E-state index contributed by atoms with van der Waals surface area (Å²) in [6, 6.07) is 8.40. The summed E-state index contributed by atoms with van der Waals surface area (Å²) in [5, 5.41) is 10.5. The molecule has 0 unspecified atom stereocenters. The summed E-state index contributed by atoms with van der Waals surface area (Å²) in [7, 11) is 0. The van der Waals surface area contributed by atoms with E-state index in [1.54, 1.807) is 28.7 Å². The van der Waals surface area contributed by atoms with Crippen molar-refractivity contribution in [3.8, 4) is 0 Å². The van der Waals surface area contributed by atoms with Gasteiger partial charge in [0.1, 0.15) is 0 Å². The molecule has 1 aliphatic heterocycles. The average molecular weight is 448 g/mol. The van der Waals surface area contributed by atoms with E-state index in [-0.39, 0.29) is 3.79 Å². The summed E-state index contributed by atoms with van der Waals surface area (Å²) in [5.41, 5.74) is 6.54. The molecule has 2 heterocycles. The normalized spacial score (nSPS) is 14.8. The summed E-state index contributed by atoms with van der Waals surface area (Å²) in [5.74, 6) is 0. The van der Waals surface area contributed by atoms with Crippen LogP contribution in [0.5, 0.6) is 0 Å². The number of halogens is 1. The lowest BCUT2D eigenvalue weighted by Crippen LogP contribution is -2.33. The standard InChI is InChI=1S/C20H21IN2O2/c1-4-16-12(2)22-13(3)17(19(24)20(21)25)18(16)23-10-9-14-7-5-6-8-15(14)11-23/h4-8,19,24H,1,9-11H2,2-3H3/t19-/m0/s1. The number of pyridine rings is 1. The summed E-state index contributed by atoms with van der Waals surface area (Å²) >= 11 is 1.65. The summed E-state index contributed by atoms with van der Waals surface area (Å²) in [6.07, 6.45) is 1.52. The molecule has 1 aromatic carbocycles. The van der Waals surface area contributed by atoms with E-state index >= 15 is 0 Å². The summed E-state index contributed by atoms with van der Waals surface area (Å²) < 4.78 is -0.306. The van der Waals surface area contributed by atoms with Crippen molar-refractivity contribution in [1.29, 1.82) is 0 Å². The largest absolute Gasteiger partial charge is 0.380 e. The molecule has 0 fully saturated rings. The minimum Gasteiger partial charge on any atom is -0.380 e. The number of aryl methyl sites for hydroxylation is 2. The van der Waals surface area contributed by atoms with Crippen LogP contribution >= 0.6 is 22.6 Å². The SMILES string of the molecule is C=Cc1c(C)nc(C)c([C@H](O)C(=O)I)c1N1CCc2ccccc2C1. The van der Waals surface area contributed by atoms with Gasteiger partial charge in [0.25, 0.3) is 0 Å². The first-order valence-corrected chi connectivity index (χ1v) is 9.34. The zero-order chi connectivity index (χ0) is 18.1. The van der Waals surface area contributed by atoms with E-state index in [1.807, 2.05) is 19.9 Å². The minimum absolute atomic E-state index is 0.306. The number of anilines is 1. The van der Waals surface area contributed by atoms with Gasteiger partial charge < -0.3 is 10.0 Å². The van der Waals surface area contributed by atoms with Crippen molar-refractivity contribution in [2.24, 2.45) is 0 Å². The number of hydrogen-bond acceptors (Lipinski definition) is 4. The number of carbonyl (C=O) groups excluding carboxylic acids is 1. The zero-order valence-electron chi connectivity index (χ0n) is 14.4. The molecule has 0 bridgehead atoms. The van der Waals surface area contributed by atoms with Gasteiger partial charge in [-0.3, -0.25) is 9.78 Å². The molecule has 0 amide bonds. The molecule has 3 rings (SSSR count). The van der Waals surface area contributed by atoms with Crippen LogP contribution in [0.4, 0.5) is 5.69 Å². The molecular formula is C20H21IN2O2. The second kappa shape index (κ2) is 7.25. The molecule has 4 nitrogen and oxygen atoms in total. The topological polar surface area (TPSA) is 53.4 Å². The third kappa shape index (κ3) is 3.35. The van der Waals surface area contributed by atoms with E-state index in [2.05, 4.69) is 34.7 Å². The van der Waals surface area contributed by atoms with Crippen molar-refractivity contribution in [2.75, 3.05) is 11.4 Å². The zero-order valence-corrected chi connectivity index (χ0v) is 16.6. The number of aliphatic hydroxyl groups is 1. The number of benzene rings is 1. The summed E-state index contributed by atoms with van der Waals surface area (Å²) in [4.78, 5) is 18.6. The second-order valence-corrected chi connectivity index (χ2v) is 7.37. The number of aliphatic hydroxyl groups excluding tert-OH is 1. The maximum absolute atomic E-state index is 11.9. The molecule has 1 aromatic heterocycles. The number of carbonyl (C=O) groups is 1. The number of rotatable bonds is 4. The summed E-state index contributed by atoms with van der Waals surface area (Å²) in [6.45, 7) is 9.29. The Balaban J connectivity index is 2.17. The highest BCUT2D eigenvalue weighted by Crippen LogP contribution is 2.38. The van der Waals surface area contributed by atoms with Crippen molar-refractivity contribution < 1.29 is 9.90 Å². The van der Waals surface area contributed by atoms with Crippen LogP contribution in [-0.2, 0) is 17.8 Å². The molecular weight excluding hydrogens is 427 g/mol. The molecule has 1 N–H and O–H groups in total. The van der Waals surface area contributed by atoms with Crippen molar-refractivity contribution >= 4 is 38.1 Å². The third-order valence-electron chi connectivity index (χ3n) is 4.76. The van der Waals surface area contributed by atoms with Gasteiger partial charge in [-0.05, 0) is 31.4 Å². The van der Waals surface area contributed by atoms with Crippen LogP contribution in [0.2, 0.25) is 0 Å². The van der Waals surface area contributed by atoms with Gasteiger partial charge in [0, 0.05) is 58.2 Å². The van der Waals surface area contributed by atoms with Gasteiger partial charge in [-0.2, -0.15) is 0 Å². The fraction of sp³-hybridized carbons (Fsp3) is 0.300. The van der Waals surface area contributed by atoms with Gasteiger partial charge in [0.05, 0.1) is 5.69 Å². The predicted molar refractivity (Wildman–Crippen MR) is 109 cm³/mol. The Labute approximate surface area is 161 Å². The van der Waals surface area contributed by atoms with Gasteiger partial charge in [0.15, 0.2) is 6.10 Å². The van der Waals surface area contributed by atoms with Crippen LogP contribution in [0.1, 0.15) is 39.7 Å². The minimum atomic E-state index is -1.18. The molecule has 5 heteroatoms. The molecule has 1 atom stereocenters. The van der Waals surface area contributed by atoms with E-state index < -0.39 is 6.10 Å². The average Bonchev–Trinajstić information content (AvgIpc) is 2.60. The number of hydrogen-bond donors (Lipinski definition) is 1. The van der Waals surface area contributed by atoms with Crippen LogP contribution in [0.25, 0.3) is 6.08 Å². The van der Waals surface area contributed by atoms with Gasteiger partial charge in [0.2, 0.25) is 3.79 Å². The Morgan fingerprint density at radius 1 is 1.32 bits per heavy atom. The Hall–Kier alpha value is -1.73. The molecule has 0 radical (unpaired) electrons. The fourth-order valence-corrected chi connectivity index (χ4v) is 3.88. The van der Waals surface area contributed by atoms with Gasteiger partial charge in [-0.1, -0.05) is 36.9 Å². The molecule has 2 aromatic rings. The first-order valence-electron chi connectivity index (χ1n) is 8.26. The first kappa shape index (κ1) is 18.1. The molecule has 130 valence electrons. The maximum Gasteiger partial charge on any atom is 0.225 e. The molecule has 0 aliphatic carbocycles. The van der Waals surface area contributed by atoms with E-state index in [4.69, 9.17) is 0 Å². The van der Waals surface area contributed by atoms with Gasteiger partial charge >= 0.3 is 0 Å². The van der Waals surface area contributed by atoms with Crippen molar-refractivity contribution in [3.63, 3.8) is 0 Å². The lowest BCUT2D eigenvalue weighted by Gasteiger charge is -2.35. The Bertz CT molecular complexity index is 848. The van der Waals surface area contributed by atoms with Crippen LogP contribution < -0.4 is 4.90 Å². The predicted octanol–water partition coefficient (Wildman–Crippen LogP) is 3.90. The first-order chi connectivity index (χ1) is 11.9. The molecule has 0 spiro atoms.